The molecule has 0 aliphatic carbocycles. The first-order valence-electron chi connectivity index (χ1n) is 7.32. The zero-order valence-electron chi connectivity index (χ0n) is 14.0. The minimum atomic E-state index is -5.05. The zero-order chi connectivity index (χ0) is 21.3. The highest BCUT2D eigenvalue weighted by atomic mass is 35.5. The van der Waals surface area contributed by atoms with Crippen LogP contribution in [0, 0.1) is 5.41 Å². The fourth-order valence-corrected chi connectivity index (χ4v) is 3.22. The van der Waals surface area contributed by atoms with Gasteiger partial charge in [0.25, 0.3) is 5.56 Å². The largest absolute Gasteiger partial charge is 0.432 e. The molecule has 28 heavy (non-hydrogen) atoms. The molecule has 0 amide bonds. The number of anilines is 1. The number of aromatic nitrogens is 1. The smallest absolute Gasteiger partial charge is 0.350 e. The van der Waals surface area contributed by atoms with E-state index in [1.807, 2.05) is 5.32 Å². The van der Waals surface area contributed by atoms with Gasteiger partial charge in [0.05, 0.1) is 5.02 Å². The first kappa shape index (κ1) is 22.0. The molecule has 1 aromatic heterocycles. The number of allylic oxidation sites excluding steroid dienone is 2. The minimum Gasteiger partial charge on any atom is -0.350 e. The van der Waals surface area contributed by atoms with Gasteiger partial charge in [0, 0.05) is 30.0 Å². The molecule has 0 saturated carbocycles. The van der Waals surface area contributed by atoms with Gasteiger partial charge in [-0.3, -0.25) is 9.36 Å². The van der Waals surface area contributed by atoms with Gasteiger partial charge in [0.2, 0.25) is 0 Å². The third-order valence-electron chi connectivity index (χ3n) is 3.46. The van der Waals surface area contributed by atoms with Crippen LogP contribution in [0.25, 0.3) is 5.69 Å². The van der Waals surface area contributed by atoms with Crippen molar-refractivity contribution in [1.29, 1.82) is 5.41 Å². The molecule has 0 fully saturated rings. The van der Waals surface area contributed by atoms with E-state index in [0.717, 1.165) is 4.57 Å². The van der Waals surface area contributed by atoms with E-state index in [1.165, 1.54) is 36.5 Å². The number of sulfone groups is 1. The molecule has 6 nitrogen and oxygen atoms in total. The molecular weight excluding hydrogens is 442 g/mol. The lowest BCUT2D eigenvalue weighted by atomic mass is 10.2. The van der Waals surface area contributed by atoms with Crippen molar-refractivity contribution in [1.82, 2.24) is 4.57 Å². The van der Waals surface area contributed by atoms with Crippen LogP contribution in [0.5, 0.6) is 0 Å². The Balaban J connectivity index is 2.48. The van der Waals surface area contributed by atoms with Crippen molar-refractivity contribution >= 4 is 44.9 Å². The standard InChI is InChI=1S/C16H12Cl2F3N3O3S/c1-28(26,27)12(8-22)14(16(19,20)21)23-9-2-4-10(5-3-9)24-7-6-11(17)13(18)15(24)25/h2-8,22-23H,1H3/b14-12+,22-8?. The molecule has 1 heterocycles. The average Bonchev–Trinajstić information content (AvgIpc) is 2.58. The topological polar surface area (TPSA) is 92.0 Å². The number of hydrogen-bond acceptors (Lipinski definition) is 5. The van der Waals surface area contributed by atoms with Crippen LogP contribution in [-0.4, -0.2) is 31.6 Å². The van der Waals surface area contributed by atoms with Gasteiger partial charge in [-0.25, -0.2) is 8.42 Å². The zero-order valence-corrected chi connectivity index (χ0v) is 16.3. The van der Waals surface area contributed by atoms with Gasteiger partial charge >= 0.3 is 6.18 Å². The first-order chi connectivity index (χ1) is 12.9. The second-order valence-electron chi connectivity index (χ2n) is 5.48. The molecular formula is C16H12Cl2F3N3O3S. The van der Waals surface area contributed by atoms with Crippen LogP contribution < -0.4 is 10.9 Å². The summed E-state index contributed by atoms with van der Waals surface area (Å²) in [7, 11) is -4.30. The Labute approximate surface area is 167 Å². The van der Waals surface area contributed by atoms with Gasteiger partial charge in [-0.15, -0.1) is 0 Å². The van der Waals surface area contributed by atoms with Gasteiger partial charge in [0.15, 0.2) is 9.84 Å². The number of rotatable bonds is 5. The summed E-state index contributed by atoms with van der Waals surface area (Å²) in [4.78, 5) is 10.9. The molecule has 0 unspecified atom stereocenters. The van der Waals surface area contributed by atoms with Crippen molar-refractivity contribution in [2.75, 3.05) is 11.6 Å². The predicted molar refractivity (Wildman–Crippen MR) is 102 cm³/mol. The fraction of sp³-hybridized carbons (Fsp3) is 0.125. The van der Waals surface area contributed by atoms with E-state index in [0.29, 0.717) is 11.9 Å². The molecule has 2 aromatic rings. The van der Waals surface area contributed by atoms with Crippen LogP contribution in [0.3, 0.4) is 0 Å². The minimum absolute atomic E-state index is 0.0566. The van der Waals surface area contributed by atoms with Crippen molar-refractivity contribution in [3.63, 3.8) is 0 Å². The molecule has 0 aliphatic rings. The van der Waals surface area contributed by atoms with Crippen molar-refractivity contribution in [2.24, 2.45) is 0 Å². The highest BCUT2D eigenvalue weighted by molar-refractivity contribution is 7.95. The predicted octanol–water partition coefficient (Wildman–Crippen LogP) is 4.02. The van der Waals surface area contributed by atoms with Crippen molar-refractivity contribution < 1.29 is 21.6 Å². The van der Waals surface area contributed by atoms with E-state index in [9.17, 15) is 26.4 Å². The Morgan fingerprint density at radius 1 is 1.18 bits per heavy atom. The second kappa shape index (κ2) is 7.98. The Hall–Kier alpha value is -2.30. The van der Waals surface area contributed by atoms with E-state index in [1.54, 1.807) is 0 Å². The molecule has 0 aliphatic heterocycles. The average molecular weight is 454 g/mol. The Kier molecular flexibility index (Phi) is 6.27. The lowest BCUT2D eigenvalue weighted by molar-refractivity contribution is -0.0903. The second-order valence-corrected chi connectivity index (χ2v) is 8.25. The molecule has 12 heteroatoms. The maximum Gasteiger partial charge on any atom is 0.432 e. The van der Waals surface area contributed by atoms with Crippen LogP contribution in [0.1, 0.15) is 0 Å². The third-order valence-corrected chi connectivity index (χ3v) is 5.36. The SMILES string of the molecule is CS(=O)(=O)/C(C=N)=C(/Nc1ccc(-n2ccc(Cl)c(Cl)c2=O)cc1)C(F)(F)F. The number of alkyl halides is 3. The number of halogens is 5. The quantitative estimate of drug-likeness (QED) is 0.668. The maximum atomic E-state index is 13.3. The van der Waals surface area contributed by atoms with E-state index in [2.05, 4.69) is 0 Å². The van der Waals surface area contributed by atoms with E-state index in [-0.39, 0.29) is 21.9 Å². The molecule has 1 aromatic carbocycles. The van der Waals surface area contributed by atoms with Crippen LogP contribution in [0.15, 0.2) is 51.9 Å². The summed E-state index contributed by atoms with van der Waals surface area (Å²) >= 11 is 11.5. The third kappa shape index (κ3) is 4.75. The molecule has 0 atom stereocenters. The summed E-state index contributed by atoms with van der Waals surface area (Å²) in [6, 6.07) is 6.45. The van der Waals surface area contributed by atoms with Gasteiger partial charge in [-0.1, -0.05) is 23.2 Å². The van der Waals surface area contributed by atoms with Gasteiger partial charge in [-0.2, -0.15) is 13.2 Å². The molecule has 150 valence electrons. The van der Waals surface area contributed by atoms with E-state index >= 15 is 0 Å². The molecule has 0 saturated heterocycles. The Bertz CT molecular complexity index is 1110. The Morgan fingerprint density at radius 2 is 1.75 bits per heavy atom. The maximum absolute atomic E-state index is 13.3. The number of hydrogen-bond donors (Lipinski definition) is 2. The van der Waals surface area contributed by atoms with Crippen LogP contribution in [0.2, 0.25) is 10.0 Å². The number of benzene rings is 1. The van der Waals surface area contributed by atoms with Crippen molar-refractivity contribution in [2.45, 2.75) is 6.18 Å². The highest BCUT2D eigenvalue weighted by Crippen LogP contribution is 2.31. The van der Waals surface area contributed by atoms with E-state index in [4.69, 9.17) is 28.6 Å². The molecule has 0 bridgehead atoms. The summed E-state index contributed by atoms with van der Waals surface area (Å²) in [5.41, 5.74) is -2.02. The monoisotopic (exact) mass is 453 g/mol. The number of nitrogens with zero attached hydrogens (tertiary/aromatic N) is 1. The van der Waals surface area contributed by atoms with E-state index < -0.39 is 32.2 Å². The summed E-state index contributed by atoms with van der Waals surface area (Å²) in [6.07, 6.45) is -3.01. The Morgan fingerprint density at radius 3 is 2.21 bits per heavy atom. The van der Waals surface area contributed by atoms with Crippen molar-refractivity contribution in [3.05, 3.63) is 67.5 Å². The van der Waals surface area contributed by atoms with Gasteiger partial charge < -0.3 is 10.7 Å². The van der Waals surface area contributed by atoms with Gasteiger partial charge in [0.1, 0.15) is 15.6 Å². The number of nitrogens with one attached hydrogen (secondary N) is 2. The normalized spacial score (nSPS) is 13.1. The number of pyridine rings is 1. The summed E-state index contributed by atoms with van der Waals surface area (Å²) in [5.74, 6) is 0. The van der Waals surface area contributed by atoms with Gasteiger partial charge in [-0.05, 0) is 30.3 Å². The fourth-order valence-electron chi connectivity index (χ4n) is 2.18. The highest BCUT2D eigenvalue weighted by Gasteiger charge is 2.39. The lowest BCUT2D eigenvalue weighted by Crippen LogP contribution is -2.24. The van der Waals surface area contributed by atoms with Crippen molar-refractivity contribution in [3.8, 4) is 5.69 Å². The van der Waals surface area contributed by atoms with Crippen LogP contribution in [0.4, 0.5) is 18.9 Å². The summed E-state index contributed by atoms with van der Waals surface area (Å²) in [6.45, 7) is 0. The summed E-state index contributed by atoms with van der Waals surface area (Å²) < 4.78 is 64.1. The van der Waals surface area contributed by atoms with Crippen LogP contribution >= 0.6 is 23.2 Å². The molecule has 2 rings (SSSR count). The first-order valence-corrected chi connectivity index (χ1v) is 9.97. The molecule has 0 spiro atoms. The molecule has 2 N–H and O–H groups in total. The summed E-state index contributed by atoms with van der Waals surface area (Å²) in [5, 5.41) is 8.86. The molecule has 0 radical (unpaired) electrons. The lowest BCUT2D eigenvalue weighted by Gasteiger charge is -2.17. The van der Waals surface area contributed by atoms with Crippen LogP contribution in [-0.2, 0) is 9.84 Å².